The largest absolute Gasteiger partial charge is 0.515 e. The Bertz CT molecular complexity index is 309. The number of aliphatic hydroxyl groups is 1. The molecule has 0 aromatic heterocycles. The highest BCUT2D eigenvalue weighted by Crippen LogP contribution is 2.36. The fraction of sp³-hybridized carbons (Fsp3) is 0.500. The first kappa shape index (κ1) is 12.1. The van der Waals surface area contributed by atoms with Gasteiger partial charge in [-0.05, 0) is 11.9 Å². The molecule has 0 radical (unpaired) electrons. The molecule has 7 heteroatoms. The number of halogens is 3. The first-order valence-electron chi connectivity index (χ1n) is 4.35. The highest BCUT2D eigenvalue weighted by Gasteiger charge is 2.42. The predicted octanol–water partition coefficient (Wildman–Crippen LogP) is 1.75. The molecule has 1 heterocycles. The van der Waals surface area contributed by atoms with Gasteiger partial charge in [0.2, 0.25) is 0 Å². The molecular formula is C8H10BF3O3. The molecule has 15 heavy (non-hydrogen) atoms. The van der Waals surface area contributed by atoms with Gasteiger partial charge in [-0.15, -0.1) is 0 Å². The maximum atomic E-state index is 12.5. The van der Waals surface area contributed by atoms with E-state index >= 15 is 0 Å². The Labute approximate surface area is 85.0 Å². The second kappa shape index (κ2) is 4.28. The highest BCUT2D eigenvalue weighted by molar-refractivity contribution is 6.55. The molecule has 0 unspecified atom stereocenters. The minimum absolute atomic E-state index is 0.0309. The van der Waals surface area contributed by atoms with Gasteiger partial charge in [-0.25, -0.2) is 0 Å². The van der Waals surface area contributed by atoms with E-state index in [9.17, 15) is 18.2 Å². The Balaban J connectivity index is 3.24. The number of hydrogen-bond acceptors (Lipinski definition) is 3. The monoisotopic (exact) mass is 222 g/mol. The molecule has 0 saturated carbocycles. The smallest absolute Gasteiger partial charge is 0.492 e. The van der Waals surface area contributed by atoms with Crippen LogP contribution in [0.1, 0.15) is 13.3 Å². The van der Waals surface area contributed by atoms with Crippen molar-refractivity contribution in [2.24, 2.45) is 0 Å². The fourth-order valence-electron chi connectivity index (χ4n) is 1.48. The van der Waals surface area contributed by atoms with Crippen LogP contribution in [-0.4, -0.2) is 30.0 Å². The van der Waals surface area contributed by atoms with E-state index in [1.807, 2.05) is 0 Å². The zero-order valence-corrected chi connectivity index (χ0v) is 8.01. The van der Waals surface area contributed by atoms with Gasteiger partial charge in [-0.1, -0.05) is 6.92 Å². The lowest BCUT2D eigenvalue weighted by Gasteiger charge is -2.13. The van der Waals surface area contributed by atoms with E-state index in [0.717, 1.165) is 0 Å². The summed E-state index contributed by atoms with van der Waals surface area (Å²) in [5.41, 5.74) is -1.27. The lowest BCUT2D eigenvalue weighted by molar-refractivity contribution is -0.0939. The van der Waals surface area contributed by atoms with E-state index in [-0.39, 0.29) is 24.1 Å². The van der Waals surface area contributed by atoms with Crippen molar-refractivity contribution in [3.8, 4) is 0 Å². The summed E-state index contributed by atoms with van der Waals surface area (Å²) in [6.45, 7) is 1.11. The number of allylic oxidation sites excluding steroid dienone is 1. The molecule has 0 aliphatic carbocycles. The van der Waals surface area contributed by atoms with Gasteiger partial charge < -0.3 is 14.8 Å². The average molecular weight is 222 g/mol. The van der Waals surface area contributed by atoms with Crippen molar-refractivity contribution in [1.29, 1.82) is 0 Å². The standard InChI is InChI=1S/C8H10BF3O3/c1-2-6(8(10,11)12)7-5(3-13)4-15-9(7)14/h3,13-14H,2,4H2,1H3/b5-3-,7-6-. The SMILES string of the molecule is CC/C(=C1/B(O)OC/C1=C/O)C(F)(F)F. The van der Waals surface area contributed by atoms with Crippen LogP contribution in [0.25, 0.3) is 0 Å². The molecule has 1 rings (SSSR count). The summed E-state index contributed by atoms with van der Waals surface area (Å²) in [4.78, 5) is 0. The van der Waals surface area contributed by atoms with Crippen LogP contribution in [0, 0.1) is 0 Å². The van der Waals surface area contributed by atoms with Crippen molar-refractivity contribution in [3.63, 3.8) is 0 Å². The van der Waals surface area contributed by atoms with Crippen LogP contribution < -0.4 is 0 Å². The summed E-state index contributed by atoms with van der Waals surface area (Å²) >= 11 is 0. The van der Waals surface area contributed by atoms with Gasteiger partial charge in [0.1, 0.15) is 0 Å². The lowest BCUT2D eigenvalue weighted by Crippen LogP contribution is -2.21. The predicted molar refractivity (Wildman–Crippen MR) is 48.0 cm³/mol. The van der Waals surface area contributed by atoms with Gasteiger partial charge in [0.25, 0.3) is 0 Å². The van der Waals surface area contributed by atoms with E-state index in [0.29, 0.717) is 6.26 Å². The summed E-state index contributed by atoms with van der Waals surface area (Å²) < 4.78 is 42.2. The van der Waals surface area contributed by atoms with Gasteiger partial charge in [0.05, 0.1) is 12.9 Å². The van der Waals surface area contributed by atoms with E-state index in [4.69, 9.17) is 5.11 Å². The normalized spacial score (nSPS) is 23.8. The Morgan fingerprint density at radius 3 is 2.60 bits per heavy atom. The molecule has 1 fully saturated rings. The second-order valence-electron chi connectivity index (χ2n) is 3.06. The van der Waals surface area contributed by atoms with Gasteiger partial charge in [-0.2, -0.15) is 13.2 Å². The van der Waals surface area contributed by atoms with Crippen molar-refractivity contribution in [2.45, 2.75) is 19.5 Å². The third-order valence-electron chi connectivity index (χ3n) is 2.17. The van der Waals surface area contributed by atoms with Gasteiger partial charge in [-0.3, -0.25) is 0 Å². The molecule has 1 saturated heterocycles. The zero-order valence-electron chi connectivity index (χ0n) is 8.01. The quantitative estimate of drug-likeness (QED) is 0.524. The van der Waals surface area contributed by atoms with Crippen LogP contribution >= 0.6 is 0 Å². The highest BCUT2D eigenvalue weighted by atomic mass is 19.4. The van der Waals surface area contributed by atoms with Crippen molar-refractivity contribution in [3.05, 3.63) is 22.9 Å². The van der Waals surface area contributed by atoms with Crippen molar-refractivity contribution in [1.82, 2.24) is 0 Å². The van der Waals surface area contributed by atoms with Gasteiger partial charge >= 0.3 is 13.3 Å². The molecule has 0 aromatic rings. The molecule has 3 nitrogen and oxygen atoms in total. The third-order valence-corrected chi connectivity index (χ3v) is 2.17. The lowest BCUT2D eigenvalue weighted by atomic mass is 9.74. The molecule has 2 N–H and O–H groups in total. The summed E-state index contributed by atoms with van der Waals surface area (Å²) in [6, 6.07) is 0. The topological polar surface area (TPSA) is 49.7 Å². The second-order valence-corrected chi connectivity index (χ2v) is 3.06. The number of hydrogen-bond donors (Lipinski definition) is 2. The first-order valence-corrected chi connectivity index (χ1v) is 4.35. The zero-order chi connectivity index (χ0) is 11.6. The Hall–Kier alpha value is -0.945. The summed E-state index contributed by atoms with van der Waals surface area (Å²) in [7, 11) is -1.61. The minimum Gasteiger partial charge on any atom is -0.515 e. The van der Waals surface area contributed by atoms with E-state index < -0.39 is 18.9 Å². The molecule has 0 atom stereocenters. The van der Waals surface area contributed by atoms with Crippen molar-refractivity contribution >= 4 is 7.12 Å². The third kappa shape index (κ3) is 2.35. The van der Waals surface area contributed by atoms with Gasteiger partial charge in [0.15, 0.2) is 0 Å². The Kier molecular flexibility index (Phi) is 3.46. The van der Waals surface area contributed by atoms with E-state index in [1.54, 1.807) is 0 Å². The Morgan fingerprint density at radius 1 is 1.60 bits per heavy atom. The van der Waals surface area contributed by atoms with Crippen molar-refractivity contribution in [2.75, 3.05) is 6.61 Å². The maximum absolute atomic E-state index is 12.5. The average Bonchev–Trinajstić information content (AvgIpc) is 2.47. The fourth-order valence-corrected chi connectivity index (χ4v) is 1.48. The molecular weight excluding hydrogens is 212 g/mol. The van der Waals surface area contributed by atoms with Crippen LogP contribution in [0.3, 0.4) is 0 Å². The molecule has 0 amide bonds. The minimum atomic E-state index is -4.52. The number of rotatable bonds is 1. The number of aliphatic hydroxyl groups excluding tert-OH is 1. The summed E-state index contributed by atoms with van der Waals surface area (Å²) in [5.74, 6) is 0. The number of alkyl halides is 3. The summed E-state index contributed by atoms with van der Waals surface area (Å²) in [5, 5.41) is 17.9. The van der Waals surface area contributed by atoms with Crippen LogP contribution in [0.2, 0.25) is 0 Å². The molecule has 84 valence electrons. The summed E-state index contributed by atoms with van der Waals surface area (Å²) in [6.07, 6.45) is -4.27. The van der Waals surface area contributed by atoms with Crippen LogP contribution in [0.4, 0.5) is 13.2 Å². The molecule has 0 spiro atoms. The van der Waals surface area contributed by atoms with Crippen molar-refractivity contribution < 1.29 is 28.0 Å². The van der Waals surface area contributed by atoms with Crippen LogP contribution in [0.5, 0.6) is 0 Å². The first-order chi connectivity index (χ1) is 6.91. The Morgan fingerprint density at radius 2 is 2.20 bits per heavy atom. The molecule has 0 bridgehead atoms. The molecule has 1 aliphatic heterocycles. The van der Waals surface area contributed by atoms with Crippen LogP contribution in [0.15, 0.2) is 22.9 Å². The van der Waals surface area contributed by atoms with Gasteiger partial charge in [0, 0.05) is 11.1 Å². The van der Waals surface area contributed by atoms with Crippen LogP contribution in [-0.2, 0) is 4.65 Å². The van der Waals surface area contributed by atoms with E-state index in [2.05, 4.69) is 4.65 Å². The maximum Gasteiger partial charge on any atom is 0.492 e. The molecule has 0 aromatic carbocycles. The molecule has 1 aliphatic rings. The van der Waals surface area contributed by atoms with E-state index in [1.165, 1.54) is 6.92 Å².